The van der Waals surface area contributed by atoms with Crippen LogP contribution in [0.4, 0.5) is 13.2 Å². The van der Waals surface area contributed by atoms with E-state index in [1.807, 2.05) is 6.92 Å². The van der Waals surface area contributed by atoms with E-state index in [2.05, 4.69) is 10.4 Å². The number of benzene rings is 1. The van der Waals surface area contributed by atoms with Gasteiger partial charge in [-0.2, -0.15) is 18.3 Å². The molecule has 2 unspecified atom stereocenters. The van der Waals surface area contributed by atoms with Gasteiger partial charge >= 0.3 is 12.1 Å². The van der Waals surface area contributed by atoms with Crippen LogP contribution in [0.25, 0.3) is 5.69 Å². The van der Waals surface area contributed by atoms with Crippen LogP contribution in [0.15, 0.2) is 30.5 Å². The minimum absolute atomic E-state index is 0.0288. The number of carboxylic acids is 1. The third kappa shape index (κ3) is 5.10. The Morgan fingerprint density at radius 2 is 1.82 bits per heavy atom. The van der Waals surface area contributed by atoms with Crippen molar-refractivity contribution in [2.75, 3.05) is 6.54 Å². The second-order valence-electron chi connectivity index (χ2n) is 6.57. The molecule has 2 atom stereocenters. The van der Waals surface area contributed by atoms with E-state index in [0.717, 1.165) is 0 Å². The van der Waals surface area contributed by atoms with Crippen LogP contribution in [-0.4, -0.2) is 44.5 Å². The van der Waals surface area contributed by atoms with E-state index in [1.165, 1.54) is 24.3 Å². The second-order valence-corrected chi connectivity index (χ2v) is 6.57. The first-order chi connectivity index (χ1) is 13.0. The van der Waals surface area contributed by atoms with Gasteiger partial charge in [-0.25, -0.2) is 9.48 Å². The molecule has 10 heteroatoms. The normalized spacial score (nSPS) is 13.8. The molecule has 7 nitrogen and oxygen atoms in total. The summed E-state index contributed by atoms with van der Waals surface area (Å²) >= 11 is 0. The van der Waals surface area contributed by atoms with Gasteiger partial charge in [-0.05, 0) is 43.5 Å². The maximum atomic E-state index is 13.3. The van der Waals surface area contributed by atoms with E-state index in [9.17, 15) is 27.9 Å². The molecule has 152 valence electrons. The number of nitrogens with one attached hydrogen (secondary N) is 1. The Morgan fingerprint density at radius 3 is 2.32 bits per heavy atom. The number of halogens is 3. The number of aromatic nitrogens is 2. The van der Waals surface area contributed by atoms with Crippen molar-refractivity contribution in [2.24, 2.45) is 5.92 Å². The summed E-state index contributed by atoms with van der Waals surface area (Å²) in [5.41, 5.74) is -2.16. The number of carboxylic acid groups (broad SMARTS) is 1. The first-order valence-corrected chi connectivity index (χ1v) is 8.46. The van der Waals surface area contributed by atoms with E-state index in [-0.39, 0.29) is 17.2 Å². The standard InChI is InChI=1S/C18H20F3N3O4/c1-10(7-11(2)25)8-22-16(26)12-3-5-13(6-4-12)24-15(18(19,20)21)14(9-23-24)17(27)28/h3-6,9-11,25H,7-8H2,1-2H3,(H,22,26)(H,27,28). The van der Waals surface area contributed by atoms with E-state index in [0.29, 0.717) is 23.8 Å². The van der Waals surface area contributed by atoms with Crippen molar-refractivity contribution >= 4 is 11.9 Å². The number of carbonyl (C=O) groups is 2. The van der Waals surface area contributed by atoms with Crippen LogP contribution in [0.1, 0.15) is 46.7 Å². The van der Waals surface area contributed by atoms with Crippen LogP contribution in [-0.2, 0) is 6.18 Å². The van der Waals surface area contributed by atoms with Gasteiger partial charge in [-0.1, -0.05) is 6.92 Å². The average Bonchev–Trinajstić information content (AvgIpc) is 3.05. The number of nitrogens with zero attached hydrogens (tertiary/aromatic N) is 2. The Balaban J connectivity index is 2.19. The molecule has 2 rings (SSSR count). The van der Waals surface area contributed by atoms with Crippen LogP contribution < -0.4 is 5.32 Å². The Labute approximate surface area is 158 Å². The second kappa shape index (κ2) is 8.42. The third-order valence-electron chi connectivity index (χ3n) is 4.00. The quantitative estimate of drug-likeness (QED) is 0.664. The number of alkyl halides is 3. The molecule has 2 aromatic rings. The van der Waals surface area contributed by atoms with Crippen molar-refractivity contribution in [3.05, 3.63) is 47.3 Å². The third-order valence-corrected chi connectivity index (χ3v) is 4.00. The maximum absolute atomic E-state index is 13.3. The van der Waals surface area contributed by atoms with E-state index >= 15 is 0 Å². The van der Waals surface area contributed by atoms with Crippen LogP contribution in [0.5, 0.6) is 0 Å². The van der Waals surface area contributed by atoms with Crippen LogP contribution in [0.2, 0.25) is 0 Å². The van der Waals surface area contributed by atoms with Crippen molar-refractivity contribution in [3.8, 4) is 5.69 Å². The van der Waals surface area contributed by atoms with Crippen molar-refractivity contribution < 1.29 is 33.0 Å². The molecule has 0 aliphatic rings. The van der Waals surface area contributed by atoms with Gasteiger partial charge in [-0.3, -0.25) is 4.79 Å². The molecule has 28 heavy (non-hydrogen) atoms. The van der Waals surface area contributed by atoms with E-state index in [4.69, 9.17) is 5.11 Å². The van der Waals surface area contributed by atoms with Gasteiger partial charge in [0.25, 0.3) is 5.91 Å². The number of amides is 1. The first kappa shape index (κ1) is 21.4. The van der Waals surface area contributed by atoms with Crippen molar-refractivity contribution in [1.82, 2.24) is 15.1 Å². The van der Waals surface area contributed by atoms with Gasteiger partial charge in [0.2, 0.25) is 0 Å². The van der Waals surface area contributed by atoms with Crippen molar-refractivity contribution in [2.45, 2.75) is 32.5 Å². The Bertz CT molecular complexity index is 845. The SMILES string of the molecule is CC(O)CC(C)CNC(=O)c1ccc(-n2ncc(C(=O)O)c2C(F)(F)F)cc1. The first-order valence-electron chi connectivity index (χ1n) is 8.46. The summed E-state index contributed by atoms with van der Waals surface area (Å²) in [6.07, 6.45) is -4.25. The zero-order valence-electron chi connectivity index (χ0n) is 15.2. The van der Waals surface area contributed by atoms with Gasteiger partial charge in [0.05, 0.1) is 18.0 Å². The largest absolute Gasteiger partial charge is 0.478 e. The average molecular weight is 399 g/mol. The number of aromatic carboxylic acids is 1. The molecule has 0 saturated carbocycles. The molecule has 1 amide bonds. The molecule has 1 aromatic carbocycles. The zero-order valence-corrected chi connectivity index (χ0v) is 15.2. The highest BCUT2D eigenvalue weighted by Crippen LogP contribution is 2.33. The lowest BCUT2D eigenvalue weighted by Crippen LogP contribution is -2.29. The highest BCUT2D eigenvalue weighted by molar-refractivity contribution is 5.94. The summed E-state index contributed by atoms with van der Waals surface area (Å²) in [6.45, 7) is 3.86. The molecule has 0 spiro atoms. The molecule has 0 saturated heterocycles. The number of hydrogen-bond donors (Lipinski definition) is 3. The molecular weight excluding hydrogens is 379 g/mol. The molecule has 0 radical (unpaired) electrons. The minimum Gasteiger partial charge on any atom is -0.478 e. The molecule has 1 heterocycles. The van der Waals surface area contributed by atoms with E-state index in [1.54, 1.807) is 6.92 Å². The van der Waals surface area contributed by atoms with Crippen LogP contribution in [0.3, 0.4) is 0 Å². The lowest BCUT2D eigenvalue weighted by atomic mass is 10.0. The fourth-order valence-corrected chi connectivity index (χ4v) is 2.76. The molecule has 0 bridgehead atoms. The summed E-state index contributed by atoms with van der Waals surface area (Å²) in [6, 6.07) is 5.16. The highest BCUT2D eigenvalue weighted by atomic mass is 19.4. The smallest absolute Gasteiger partial charge is 0.434 e. The minimum atomic E-state index is -4.92. The van der Waals surface area contributed by atoms with Gasteiger partial charge in [0.1, 0.15) is 5.56 Å². The summed E-state index contributed by atoms with van der Waals surface area (Å²) in [5.74, 6) is -2.09. The van der Waals surface area contributed by atoms with Crippen LogP contribution >= 0.6 is 0 Å². The molecule has 0 aliphatic heterocycles. The lowest BCUT2D eigenvalue weighted by Gasteiger charge is -2.14. The fraction of sp³-hybridized carbons (Fsp3) is 0.389. The highest BCUT2D eigenvalue weighted by Gasteiger charge is 2.40. The van der Waals surface area contributed by atoms with Crippen molar-refractivity contribution in [3.63, 3.8) is 0 Å². The zero-order chi connectivity index (χ0) is 21.1. The maximum Gasteiger partial charge on any atom is 0.434 e. The predicted octanol–water partition coefficient (Wildman–Crippen LogP) is 2.73. The van der Waals surface area contributed by atoms with Gasteiger partial charge < -0.3 is 15.5 Å². The number of carbonyl (C=O) groups excluding carboxylic acids is 1. The van der Waals surface area contributed by atoms with Gasteiger partial charge in [0, 0.05) is 12.1 Å². The lowest BCUT2D eigenvalue weighted by molar-refractivity contribution is -0.143. The summed E-state index contributed by atoms with van der Waals surface area (Å²) in [7, 11) is 0. The predicted molar refractivity (Wildman–Crippen MR) is 93.3 cm³/mol. The Hall–Kier alpha value is -2.88. The van der Waals surface area contributed by atoms with Crippen LogP contribution in [0, 0.1) is 5.92 Å². The van der Waals surface area contributed by atoms with Crippen molar-refractivity contribution in [1.29, 1.82) is 0 Å². The fourth-order valence-electron chi connectivity index (χ4n) is 2.76. The molecular formula is C18H20F3N3O4. The summed E-state index contributed by atoms with van der Waals surface area (Å²) in [5, 5.41) is 24.5. The van der Waals surface area contributed by atoms with E-state index < -0.39 is 35.4 Å². The Morgan fingerprint density at radius 1 is 1.21 bits per heavy atom. The Kier molecular flexibility index (Phi) is 6.45. The summed E-state index contributed by atoms with van der Waals surface area (Å²) < 4.78 is 40.2. The van der Waals surface area contributed by atoms with Gasteiger partial charge in [0.15, 0.2) is 5.69 Å². The summed E-state index contributed by atoms with van der Waals surface area (Å²) in [4.78, 5) is 23.2. The molecule has 0 fully saturated rings. The van der Waals surface area contributed by atoms with Gasteiger partial charge in [-0.15, -0.1) is 0 Å². The number of rotatable bonds is 7. The number of aliphatic hydroxyl groups excluding tert-OH is 1. The topological polar surface area (TPSA) is 104 Å². The monoisotopic (exact) mass is 399 g/mol. The molecule has 0 aliphatic carbocycles. The molecule has 3 N–H and O–H groups in total. The molecule has 1 aromatic heterocycles. The number of hydrogen-bond acceptors (Lipinski definition) is 4. The number of aliphatic hydroxyl groups is 1.